The molecule has 0 aliphatic heterocycles. The molecule has 160 valence electrons. The monoisotopic (exact) mass is 416 g/mol. The highest BCUT2D eigenvalue weighted by Crippen LogP contribution is 2.28. The molecule has 9 heteroatoms. The molecule has 0 unspecified atom stereocenters. The number of para-hydroxylation sites is 2. The van der Waals surface area contributed by atoms with Gasteiger partial charge in [0.15, 0.2) is 18.1 Å². The minimum atomic E-state index is -0.669. The van der Waals surface area contributed by atoms with Gasteiger partial charge < -0.3 is 19.5 Å². The van der Waals surface area contributed by atoms with Crippen LogP contribution in [0.3, 0.4) is 0 Å². The van der Waals surface area contributed by atoms with Crippen LogP contribution >= 0.6 is 0 Å². The molecule has 1 amide bonds. The summed E-state index contributed by atoms with van der Waals surface area (Å²) >= 11 is 0. The van der Waals surface area contributed by atoms with Crippen molar-refractivity contribution < 1.29 is 28.7 Å². The predicted octanol–water partition coefficient (Wildman–Crippen LogP) is 3.56. The van der Waals surface area contributed by atoms with Crippen molar-refractivity contribution in [3.63, 3.8) is 0 Å². The van der Waals surface area contributed by atoms with Gasteiger partial charge in [-0.25, -0.2) is 0 Å². The van der Waals surface area contributed by atoms with Crippen molar-refractivity contribution in [3.8, 4) is 11.5 Å². The van der Waals surface area contributed by atoms with E-state index in [4.69, 9.17) is 14.2 Å². The summed E-state index contributed by atoms with van der Waals surface area (Å²) in [6, 6.07) is 9.97. The highest BCUT2D eigenvalue weighted by molar-refractivity contribution is 5.95. The van der Waals surface area contributed by atoms with Crippen molar-refractivity contribution in [2.75, 3.05) is 25.1 Å². The van der Waals surface area contributed by atoms with E-state index in [1.54, 1.807) is 32.0 Å². The summed E-state index contributed by atoms with van der Waals surface area (Å²) < 4.78 is 15.9. The summed E-state index contributed by atoms with van der Waals surface area (Å²) in [5, 5.41) is 13.6. The third kappa shape index (κ3) is 6.47. The van der Waals surface area contributed by atoms with Gasteiger partial charge in [-0.3, -0.25) is 19.7 Å². The summed E-state index contributed by atoms with van der Waals surface area (Å²) in [6.45, 7) is 5.34. The number of carbonyl (C=O) groups excluding carboxylic acids is 2. The van der Waals surface area contributed by atoms with Crippen LogP contribution in [-0.2, 0) is 14.3 Å². The molecular formula is C21H24N2O7. The van der Waals surface area contributed by atoms with Gasteiger partial charge in [-0.1, -0.05) is 12.1 Å². The number of esters is 1. The number of benzene rings is 2. The van der Waals surface area contributed by atoms with E-state index in [1.807, 2.05) is 13.0 Å². The third-order valence-corrected chi connectivity index (χ3v) is 4.16. The third-order valence-electron chi connectivity index (χ3n) is 4.16. The molecule has 0 radical (unpaired) electrons. The van der Waals surface area contributed by atoms with Crippen LogP contribution in [0.5, 0.6) is 11.5 Å². The Kier molecular flexibility index (Phi) is 8.16. The van der Waals surface area contributed by atoms with E-state index in [-0.39, 0.29) is 24.4 Å². The van der Waals surface area contributed by atoms with Crippen LogP contribution in [0, 0.1) is 24.0 Å². The first-order chi connectivity index (χ1) is 14.3. The molecule has 1 N–H and O–H groups in total. The van der Waals surface area contributed by atoms with Crippen molar-refractivity contribution >= 4 is 23.3 Å². The van der Waals surface area contributed by atoms with Crippen LogP contribution < -0.4 is 14.8 Å². The number of hydrogen-bond donors (Lipinski definition) is 1. The fourth-order valence-electron chi connectivity index (χ4n) is 2.55. The second-order valence-electron chi connectivity index (χ2n) is 6.40. The second-order valence-corrected chi connectivity index (χ2v) is 6.40. The molecule has 0 aromatic heterocycles. The molecule has 0 bridgehead atoms. The molecule has 2 aromatic carbocycles. The van der Waals surface area contributed by atoms with Gasteiger partial charge in [-0.2, -0.15) is 0 Å². The van der Waals surface area contributed by atoms with Crippen LogP contribution in [0.1, 0.15) is 24.5 Å². The molecule has 0 spiro atoms. The molecule has 0 fully saturated rings. The Balaban J connectivity index is 1.82. The van der Waals surface area contributed by atoms with E-state index in [9.17, 15) is 19.7 Å². The molecule has 30 heavy (non-hydrogen) atoms. The van der Waals surface area contributed by atoms with E-state index in [0.29, 0.717) is 18.1 Å². The number of ether oxygens (including phenoxy) is 3. The zero-order valence-corrected chi connectivity index (χ0v) is 17.1. The Morgan fingerprint density at radius 3 is 2.33 bits per heavy atom. The summed E-state index contributed by atoms with van der Waals surface area (Å²) in [6.07, 6.45) is -0.0719. The number of anilines is 1. The van der Waals surface area contributed by atoms with Crippen LogP contribution in [0.25, 0.3) is 0 Å². The molecule has 0 atom stereocenters. The number of nitro benzene ring substituents is 1. The molecule has 2 aromatic rings. The van der Waals surface area contributed by atoms with Gasteiger partial charge >= 0.3 is 5.97 Å². The summed E-state index contributed by atoms with van der Waals surface area (Å²) in [5.41, 5.74) is 1.36. The molecule has 0 saturated heterocycles. The van der Waals surface area contributed by atoms with Gasteiger partial charge in [0.1, 0.15) is 5.69 Å². The second kappa shape index (κ2) is 10.8. The predicted molar refractivity (Wildman–Crippen MR) is 110 cm³/mol. The Bertz CT molecular complexity index is 928. The minimum Gasteiger partial charge on any atom is -0.490 e. The number of nitro groups is 1. The lowest BCUT2D eigenvalue weighted by Gasteiger charge is -2.11. The van der Waals surface area contributed by atoms with E-state index in [2.05, 4.69) is 5.32 Å². The van der Waals surface area contributed by atoms with Crippen LogP contribution in [-0.4, -0.2) is 36.6 Å². The maximum absolute atomic E-state index is 12.0. The zero-order valence-electron chi connectivity index (χ0n) is 17.1. The number of nitrogens with zero attached hydrogens (tertiary/aromatic N) is 1. The quantitative estimate of drug-likeness (QED) is 0.357. The molecule has 0 heterocycles. The van der Waals surface area contributed by atoms with E-state index >= 15 is 0 Å². The first-order valence-corrected chi connectivity index (χ1v) is 9.37. The average molecular weight is 416 g/mol. The highest BCUT2D eigenvalue weighted by Gasteiger charge is 2.18. The highest BCUT2D eigenvalue weighted by atomic mass is 16.6. The van der Waals surface area contributed by atoms with Gasteiger partial charge in [0.25, 0.3) is 11.6 Å². The van der Waals surface area contributed by atoms with E-state index < -0.39 is 23.4 Å². The topological polar surface area (TPSA) is 117 Å². The van der Waals surface area contributed by atoms with Gasteiger partial charge in [-0.15, -0.1) is 0 Å². The van der Waals surface area contributed by atoms with Gasteiger partial charge in [0.2, 0.25) is 0 Å². The van der Waals surface area contributed by atoms with Crippen LogP contribution in [0.2, 0.25) is 0 Å². The first-order valence-electron chi connectivity index (χ1n) is 9.37. The van der Waals surface area contributed by atoms with Crippen molar-refractivity contribution in [1.82, 2.24) is 0 Å². The summed E-state index contributed by atoms with van der Waals surface area (Å²) in [4.78, 5) is 34.5. The van der Waals surface area contributed by atoms with Crippen molar-refractivity contribution in [1.29, 1.82) is 0 Å². The molecule has 9 nitrogen and oxygen atoms in total. The van der Waals surface area contributed by atoms with E-state index in [0.717, 1.165) is 11.1 Å². The zero-order chi connectivity index (χ0) is 22.1. The number of aryl methyl sites for hydroxylation is 2. The minimum absolute atomic E-state index is 0.0488. The lowest BCUT2D eigenvalue weighted by molar-refractivity contribution is -0.384. The fraction of sp³-hybridized carbons (Fsp3) is 0.333. The molecule has 0 saturated carbocycles. The van der Waals surface area contributed by atoms with Crippen molar-refractivity contribution in [2.45, 2.75) is 27.2 Å². The molecule has 0 aliphatic rings. The summed E-state index contributed by atoms with van der Waals surface area (Å²) in [5.74, 6) is -0.222. The van der Waals surface area contributed by atoms with Gasteiger partial charge in [0, 0.05) is 6.07 Å². The number of rotatable bonds is 10. The fourth-order valence-corrected chi connectivity index (χ4v) is 2.55. The molecular weight excluding hydrogens is 392 g/mol. The Morgan fingerprint density at radius 1 is 1.07 bits per heavy atom. The van der Waals surface area contributed by atoms with Crippen molar-refractivity contribution in [3.05, 3.63) is 57.6 Å². The van der Waals surface area contributed by atoms with E-state index in [1.165, 1.54) is 12.1 Å². The van der Waals surface area contributed by atoms with Gasteiger partial charge in [0.05, 0.1) is 24.6 Å². The lowest BCUT2D eigenvalue weighted by atomic mass is 10.1. The lowest BCUT2D eigenvalue weighted by Crippen LogP contribution is -2.22. The maximum Gasteiger partial charge on any atom is 0.309 e. The Morgan fingerprint density at radius 2 is 1.70 bits per heavy atom. The Labute approximate surface area is 174 Å². The van der Waals surface area contributed by atoms with Crippen LogP contribution in [0.4, 0.5) is 11.4 Å². The normalized spacial score (nSPS) is 10.2. The van der Waals surface area contributed by atoms with Crippen molar-refractivity contribution in [2.24, 2.45) is 0 Å². The maximum atomic E-state index is 12.0. The number of hydrogen-bond acceptors (Lipinski definition) is 7. The first kappa shape index (κ1) is 22.7. The SMILES string of the molecule is CCOc1ccccc1OCCC(=O)OCC(=O)Nc1cc(C)c(C)cc1[N+](=O)[O-]. The number of nitrogens with one attached hydrogen (secondary N) is 1. The molecule has 2 rings (SSSR count). The average Bonchev–Trinajstić information content (AvgIpc) is 2.70. The molecule has 0 aliphatic carbocycles. The standard InChI is InChI=1S/C21H24N2O7/c1-4-28-18-7-5-6-8-19(18)29-10-9-21(25)30-13-20(24)22-16-11-14(2)15(3)12-17(16)23(26)27/h5-8,11-12H,4,9-10,13H2,1-3H3,(H,22,24). The summed E-state index contributed by atoms with van der Waals surface area (Å²) in [7, 11) is 0. The largest absolute Gasteiger partial charge is 0.490 e. The van der Waals surface area contributed by atoms with Crippen LogP contribution in [0.15, 0.2) is 36.4 Å². The van der Waals surface area contributed by atoms with Gasteiger partial charge in [-0.05, 0) is 50.1 Å². The number of carbonyl (C=O) groups is 2. The number of amides is 1. The Hall–Kier alpha value is -3.62. The smallest absolute Gasteiger partial charge is 0.309 e.